The molecular formula is C11H14ClNO3. The average molecular weight is 244 g/mol. The first kappa shape index (κ1) is 12.8. The van der Waals surface area contributed by atoms with E-state index >= 15 is 0 Å². The van der Waals surface area contributed by atoms with Crippen LogP contribution >= 0.6 is 11.6 Å². The van der Waals surface area contributed by atoms with Gasteiger partial charge in [-0.2, -0.15) is 0 Å². The molecule has 0 radical (unpaired) electrons. The van der Waals surface area contributed by atoms with Crippen LogP contribution in [0, 0.1) is 0 Å². The number of primary amides is 1. The summed E-state index contributed by atoms with van der Waals surface area (Å²) in [6.45, 7) is 3.18. The van der Waals surface area contributed by atoms with E-state index in [0.717, 1.165) is 0 Å². The van der Waals surface area contributed by atoms with Crippen LogP contribution < -0.4 is 10.5 Å². The maximum Gasteiger partial charge on any atom is 0.258 e. The minimum atomic E-state index is -0.741. The van der Waals surface area contributed by atoms with E-state index in [0.29, 0.717) is 16.3 Å². The first-order valence-corrected chi connectivity index (χ1v) is 5.23. The van der Waals surface area contributed by atoms with Gasteiger partial charge >= 0.3 is 0 Å². The average Bonchev–Trinajstić information content (AvgIpc) is 2.20. The molecule has 0 saturated heterocycles. The molecule has 3 N–H and O–H groups in total. The second-order valence-corrected chi connectivity index (χ2v) is 3.94. The highest BCUT2D eigenvalue weighted by atomic mass is 35.5. The Balaban J connectivity index is 2.87. The lowest BCUT2D eigenvalue weighted by Crippen LogP contribution is -2.30. The largest absolute Gasteiger partial charge is 0.479 e. The summed E-state index contributed by atoms with van der Waals surface area (Å²) in [5, 5.41) is 9.67. The number of rotatable bonds is 4. The van der Waals surface area contributed by atoms with Crippen molar-refractivity contribution in [1.29, 1.82) is 0 Å². The number of carbonyl (C=O) groups excluding carboxylic acids is 1. The number of amides is 1. The molecule has 4 nitrogen and oxygen atoms in total. The third kappa shape index (κ3) is 3.12. The van der Waals surface area contributed by atoms with E-state index < -0.39 is 18.1 Å². The van der Waals surface area contributed by atoms with Crippen molar-refractivity contribution in [3.05, 3.63) is 28.8 Å². The van der Waals surface area contributed by atoms with E-state index in [1.807, 2.05) is 0 Å². The SMILES string of the molecule is CC(Oc1ccc(C(C)O)cc1Cl)C(N)=O. The molecule has 1 aromatic carbocycles. The Labute approximate surface area is 99.0 Å². The lowest BCUT2D eigenvalue weighted by atomic mass is 10.1. The van der Waals surface area contributed by atoms with Crippen LogP contribution in [0.1, 0.15) is 25.5 Å². The first-order chi connectivity index (χ1) is 7.41. The third-order valence-corrected chi connectivity index (χ3v) is 2.44. The van der Waals surface area contributed by atoms with Crippen molar-refractivity contribution in [3.63, 3.8) is 0 Å². The highest BCUT2D eigenvalue weighted by molar-refractivity contribution is 6.32. The Hall–Kier alpha value is -1.26. The predicted octanol–water partition coefficient (Wildman–Crippen LogP) is 1.65. The Morgan fingerprint density at radius 1 is 1.50 bits per heavy atom. The zero-order chi connectivity index (χ0) is 12.3. The van der Waals surface area contributed by atoms with Gasteiger partial charge in [-0.25, -0.2) is 0 Å². The fourth-order valence-corrected chi connectivity index (χ4v) is 1.35. The minimum Gasteiger partial charge on any atom is -0.479 e. The van der Waals surface area contributed by atoms with Crippen LogP contribution in [-0.4, -0.2) is 17.1 Å². The number of halogens is 1. The van der Waals surface area contributed by atoms with Gasteiger partial charge in [0.1, 0.15) is 5.75 Å². The fourth-order valence-electron chi connectivity index (χ4n) is 1.12. The molecule has 5 heteroatoms. The maximum absolute atomic E-state index is 10.8. The van der Waals surface area contributed by atoms with Crippen LogP contribution in [0.15, 0.2) is 18.2 Å². The molecule has 0 aliphatic rings. The molecule has 0 spiro atoms. The predicted molar refractivity (Wildman–Crippen MR) is 61.4 cm³/mol. The molecule has 0 fully saturated rings. The number of aliphatic hydroxyl groups excluding tert-OH is 1. The molecule has 0 aliphatic carbocycles. The van der Waals surface area contributed by atoms with Crippen LogP contribution in [-0.2, 0) is 4.79 Å². The second-order valence-electron chi connectivity index (χ2n) is 3.53. The number of nitrogens with two attached hydrogens (primary N) is 1. The number of hydrogen-bond acceptors (Lipinski definition) is 3. The van der Waals surface area contributed by atoms with E-state index in [1.165, 1.54) is 0 Å². The lowest BCUT2D eigenvalue weighted by molar-refractivity contribution is -0.123. The molecule has 0 heterocycles. The number of ether oxygens (including phenoxy) is 1. The van der Waals surface area contributed by atoms with Gasteiger partial charge in [0, 0.05) is 0 Å². The molecule has 2 unspecified atom stereocenters. The van der Waals surface area contributed by atoms with E-state index in [9.17, 15) is 9.90 Å². The highest BCUT2D eigenvalue weighted by Gasteiger charge is 2.13. The van der Waals surface area contributed by atoms with Gasteiger partial charge < -0.3 is 15.6 Å². The van der Waals surface area contributed by atoms with E-state index in [1.54, 1.807) is 32.0 Å². The van der Waals surface area contributed by atoms with Crippen LogP contribution in [0.25, 0.3) is 0 Å². The maximum atomic E-state index is 10.8. The number of hydrogen-bond donors (Lipinski definition) is 2. The van der Waals surface area contributed by atoms with Gasteiger partial charge in [0.25, 0.3) is 5.91 Å². The van der Waals surface area contributed by atoms with Gasteiger partial charge in [-0.1, -0.05) is 17.7 Å². The zero-order valence-corrected chi connectivity index (χ0v) is 9.86. The van der Waals surface area contributed by atoms with Crippen LogP contribution in [0.4, 0.5) is 0 Å². The summed E-state index contributed by atoms with van der Waals surface area (Å²) < 4.78 is 5.25. The van der Waals surface area contributed by atoms with E-state index in [2.05, 4.69) is 0 Å². The van der Waals surface area contributed by atoms with Gasteiger partial charge in [0.05, 0.1) is 11.1 Å². The molecular weight excluding hydrogens is 230 g/mol. The van der Waals surface area contributed by atoms with Gasteiger partial charge in [-0.15, -0.1) is 0 Å². The van der Waals surface area contributed by atoms with Crippen LogP contribution in [0.5, 0.6) is 5.75 Å². The standard InChI is InChI=1S/C11H14ClNO3/c1-6(14)8-3-4-10(9(12)5-8)16-7(2)11(13)15/h3-7,14H,1-2H3,(H2,13,15). The summed E-state index contributed by atoms with van der Waals surface area (Å²) in [7, 11) is 0. The summed E-state index contributed by atoms with van der Waals surface area (Å²) in [5.41, 5.74) is 5.75. The normalized spacial score (nSPS) is 14.2. The topological polar surface area (TPSA) is 72.6 Å². The number of benzene rings is 1. The Kier molecular flexibility index (Phi) is 4.15. The molecule has 0 aliphatic heterocycles. The van der Waals surface area contributed by atoms with Crippen molar-refractivity contribution in [2.24, 2.45) is 5.73 Å². The first-order valence-electron chi connectivity index (χ1n) is 4.85. The molecule has 16 heavy (non-hydrogen) atoms. The second kappa shape index (κ2) is 5.18. The Morgan fingerprint density at radius 3 is 2.56 bits per heavy atom. The van der Waals surface area contributed by atoms with E-state index in [4.69, 9.17) is 22.1 Å². The highest BCUT2D eigenvalue weighted by Crippen LogP contribution is 2.28. The molecule has 0 bridgehead atoms. The van der Waals surface area contributed by atoms with Crippen LogP contribution in [0.2, 0.25) is 5.02 Å². The van der Waals surface area contributed by atoms with Crippen molar-refractivity contribution >= 4 is 17.5 Å². The van der Waals surface area contributed by atoms with E-state index in [-0.39, 0.29) is 0 Å². The van der Waals surface area contributed by atoms with Gasteiger partial charge in [-0.3, -0.25) is 4.79 Å². The zero-order valence-electron chi connectivity index (χ0n) is 9.11. The summed E-state index contributed by atoms with van der Waals surface area (Å²) >= 11 is 5.93. The fraction of sp³-hybridized carbons (Fsp3) is 0.364. The summed E-state index contributed by atoms with van der Waals surface area (Å²) in [5.74, 6) is -0.187. The van der Waals surface area contributed by atoms with Crippen molar-refractivity contribution in [1.82, 2.24) is 0 Å². The molecule has 88 valence electrons. The van der Waals surface area contributed by atoms with Crippen molar-refractivity contribution in [2.45, 2.75) is 26.1 Å². The van der Waals surface area contributed by atoms with Gasteiger partial charge in [0.2, 0.25) is 0 Å². The summed E-state index contributed by atoms with van der Waals surface area (Å²) in [6.07, 6.45) is -1.34. The molecule has 0 aromatic heterocycles. The molecule has 0 saturated carbocycles. The van der Waals surface area contributed by atoms with Crippen molar-refractivity contribution in [3.8, 4) is 5.75 Å². The van der Waals surface area contributed by atoms with Gasteiger partial charge in [-0.05, 0) is 31.5 Å². The quantitative estimate of drug-likeness (QED) is 0.845. The minimum absolute atomic E-state index is 0.339. The number of aliphatic hydroxyl groups is 1. The summed E-state index contributed by atoms with van der Waals surface area (Å²) in [6, 6.07) is 4.87. The molecule has 1 amide bonds. The molecule has 1 rings (SSSR count). The Morgan fingerprint density at radius 2 is 2.12 bits per heavy atom. The molecule has 2 atom stereocenters. The smallest absolute Gasteiger partial charge is 0.258 e. The Bertz CT molecular complexity index is 393. The number of carbonyl (C=O) groups is 1. The monoisotopic (exact) mass is 243 g/mol. The third-order valence-electron chi connectivity index (χ3n) is 2.14. The van der Waals surface area contributed by atoms with Crippen LogP contribution in [0.3, 0.4) is 0 Å². The lowest BCUT2D eigenvalue weighted by Gasteiger charge is -2.14. The van der Waals surface area contributed by atoms with Crippen molar-refractivity contribution in [2.75, 3.05) is 0 Å². The molecule has 1 aromatic rings. The van der Waals surface area contributed by atoms with Gasteiger partial charge in [0.15, 0.2) is 6.10 Å². The van der Waals surface area contributed by atoms with Crippen molar-refractivity contribution < 1.29 is 14.6 Å². The summed E-state index contributed by atoms with van der Waals surface area (Å²) in [4.78, 5) is 10.8.